The molecule has 0 N–H and O–H groups in total. The number of ether oxygens (including phenoxy) is 1. The summed E-state index contributed by atoms with van der Waals surface area (Å²) < 4.78 is 22.9. The maximum absolute atomic E-state index is 12.8. The number of carbonyl (C=O) groups excluding carboxylic acids is 1. The van der Waals surface area contributed by atoms with E-state index in [1.165, 1.54) is 0 Å². The van der Waals surface area contributed by atoms with Crippen molar-refractivity contribution in [1.82, 2.24) is 0 Å². The minimum absolute atomic E-state index is 0.149. The van der Waals surface area contributed by atoms with Crippen LogP contribution in [-0.4, -0.2) is 36.1 Å². The van der Waals surface area contributed by atoms with E-state index in [4.69, 9.17) is 18.0 Å². The van der Waals surface area contributed by atoms with Gasteiger partial charge >= 0.3 is 14.8 Å². The summed E-state index contributed by atoms with van der Waals surface area (Å²) in [6.07, 6.45) is 3.79. The molecule has 1 aromatic carbocycles. The third-order valence-corrected chi connectivity index (χ3v) is 9.45. The fourth-order valence-electron chi connectivity index (χ4n) is 4.76. The lowest BCUT2D eigenvalue weighted by Gasteiger charge is -2.43. The van der Waals surface area contributed by atoms with Crippen molar-refractivity contribution in [2.75, 3.05) is 21.3 Å². The van der Waals surface area contributed by atoms with E-state index in [9.17, 15) is 4.79 Å². The number of benzene rings is 1. The number of esters is 1. The Balaban J connectivity index is 1.78. The van der Waals surface area contributed by atoms with E-state index in [1.807, 2.05) is 30.3 Å². The van der Waals surface area contributed by atoms with Gasteiger partial charge < -0.3 is 18.0 Å². The smallest absolute Gasteiger partial charge is 0.461 e. The lowest BCUT2D eigenvalue weighted by atomic mass is 9.88. The van der Waals surface area contributed by atoms with Crippen molar-refractivity contribution < 1.29 is 22.8 Å². The van der Waals surface area contributed by atoms with Crippen LogP contribution in [0.3, 0.4) is 0 Å². The minimum atomic E-state index is -2.93. The molecule has 1 aromatic rings. The highest BCUT2D eigenvalue weighted by atomic mass is 28.4. The van der Waals surface area contributed by atoms with E-state index < -0.39 is 8.80 Å². The zero-order chi connectivity index (χ0) is 17.2. The van der Waals surface area contributed by atoms with Crippen molar-refractivity contribution in [3.63, 3.8) is 0 Å². The molecule has 2 saturated carbocycles. The Morgan fingerprint density at radius 1 is 1.17 bits per heavy atom. The molecular formula is C18H26O5Si. The van der Waals surface area contributed by atoms with Crippen molar-refractivity contribution in [2.24, 2.45) is 11.8 Å². The van der Waals surface area contributed by atoms with Crippen molar-refractivity contribution >= 4 is 14.8 Å². The zero-order valence-electron chi connectivity index (χ0n) is 14.6. The quantitative estimate of drug-likeness (QED) is 0.558. The van der Waals surface area contributed by atoms with Crippen molar-refractivity contribution in [1.29, 1.82) is 0 Å². The van der Waals surface area contributed by atoms with E-state index in [0.29, 0.717) is 12.5 Å². The van der Waals surface area contributed by atoms with Gasteiger partial charge in [-0.15, -0.1) is 0 Å². The molecule has 132 valence electrons. The predicted molar refractivity (Wildman–Crippen MR) is 91.2 cm³/mol. The van der Waals surface area contributed by atoms with Gasteiger partial charge in [-0.1, -0.05) is 30.3 Å². The fraction of sp³-hybridized carbons (Fsp3) is 0.611. The monoisotopic (exact) mass is 350 g/mol. The lowest BCUT2D eigenvalue weighted by Crippen LogP contribution is -2.57. The van der Waals surface area contributed by atoms with Gasteiger partial charge in [0.15, 0.2) is 0 Å². The van der Waals surface area contributed by atoms with Gasteiger partial charge in [0.1, 0.15) is 6.61 Å². The van der Waals surface area contributed by atoms with E-state index in [0.717, 1.165) is 31.2 Å². The van der Waals surface area contributed by atoms with Crippen molar-refractivity contribution in [2.45, 2.75) is 37.3 Å². The van der Waals surface area contributed by atoms with Crippen LogP contribution in [-0.2, 0) is 29.4 Å². The van der Waals surface area contributed by atoms with Crippen LogP contribution in [0, 0.1) is 11.8 Å². The van der Waals surface area contributed by atoms with Crippen LogP contribution >= 0.6 is 0 Å². The Labute approximate surface area is 144 Å². The standard InChI is InChI=1S/C18H26O5Si/c1-20-24(21-2,22-3)18-10-9-15(12-18)11-16(18)17(19)23-13-14-7-5-4-6-8-14/h4-8,15-16H,9-13H2,1-3H3. The van der Waals surface area contributed by atoms with E-state index in [1.54, 1.807) is 21.3 Å². The van der Waals surface area contributed by atoms with Crippen LogP contribution in [0.25, 0.3) is 0 Å². The average Bonchev–Trinajstić information content (AvgIpc) is 3.22. The SMILES string of the molecule is CO[Si](OC)(OC)C12CCC(CC1C(=O)OCc1ccccc1)C2. The molecule has 0 aromatic heterocycles. The highest BCUT2D eigenvalue weighted by molar-refractivity contribution is 6.64. The molecule has 24 heavy (non-hydrogen) atoms. The molecule has 2 aliphatic carbocycles. The fourth-order valence-corrected chi connectivity index (χ4v) is 8.13. The van der Waals surface area contributed by atoms with E-state index in [-0.39, 0.29) is 16.9 Å². The molecule has 0 radical (unpaired) electrons. The van der Waals surface area contributed by atoms with Gasteiger partial charge in [-0.2, -0.15) is 0 Å². The van der Waals surface area contributed by atoms with E-state index >= 15 is 0 Å². The Kier molecular flexibility index (Phi) is 5.10. The number of carbonyl (C=O) groups is 1. The maximum atomic E-state index is 12.8. The summed E-state index contributed by atoms with van der Waals surface area (Å²) in [4.78, 5) is 12.8. The van der Waals surface area contributed by atoms with Crippen LogP contribution in [0.5, 0.6) is 0 Å². The third-order valence-electron chi connectivity index (χ3n) is 5.81. The number of hydrogen-bond acceptors (Lipinski definition) is 5. The summed E-state index contributed by atoms with van der Waals surface area (Å²) in [5, 5.41) is -0.344. The molecule has 2 aliphatic rings. The van der Waals surface area contributed by atoms with Crippen molar-refractivity contribution in [3.05, 3.63) is 35.9 Å². The molecule has 0 amide bonds. The first kappa shape index (κ1) is 17.6. The normalized spacial score (nSPS) is 29.0. The zero-order valence-corrected chi connectivity index (χ0v) is 15.6. The first-order chi connectivity index (χ1) is 11.6. The van der Waals surface area contributed by atoms with Gasteiger partial charge in [0, 0.05) is 21.3 Å². The predicted octanol–water partition coefficient (Wildman–Crippen LogP) is 3.17. The Morgan fingerprint density at radius 3 is 2.42 bits per heavy atom. The van der Waals surface area contributed by atoms with Gasteiger partial charge in [0.25, 0.3) is 0 Å². The largest absolute Gasteiger partial charge is 0.507 e. The molecule has 0 aliphatic heterocycles. The summed E-state index contributed by atoms with van der Waals surface area (Å²) in [5.41, 5.74) is 0.997. The maximum Gasteiger partial charge on any atom is 0.507 e. The van der Waals surface area contributed by atoms with Crippen LogP contribution in [0.4, 0.5) is 0 Å². The second kappa shape index (κ2) is 6.96. The van der Waals surface area contributed by atoms with Crippen LogP contribution in [0.2, 0.25) is 5.04 Å². The molecule has 0 spiro atoms. The molecule has 2 bridgehead atoms. The van der Waals surface area contributed by atoms with Gasteiger partial charge in [-0.25, -0.2) is 0 Å². The van der Waals surface area contributed by atoms with Gasteiger partial charge in [0.2, 0.25) is 0 Å². The highest BCUT2D eigenvalue weighted by Gasteiger charge is 2.71. The topological polar surface area (TPSA) is 54.0 Å². The van der Waals surface area contributed by atoms with Crippen molar-refractivity contribution in [3.8, 4) is 0 Å². The molecule has 5 nitrogen and oxygen atoms in total. The van der Waals surface area contributed by atoms with E-state index in [2.05, 4.69) is 0 Å². The average molecular weight is 350 g/mol. The van der Waals surface area contributed by atoms with Crippen LogP contribution in [0.15, 0.2) is 30.3 Å². The molecule has 3 unspecified atom stereocenters. The first-order valence-corrected chi connectivity index (χ1v) is 10.2. The Morgan fingerprint density at radius 2 is 1.83 bits per heavy atom. The second-order valence-corrected chi connectivity index (χ2v) is 10.1. The second-order valence-electron chi connectivity index (χ2n) is 6.82. The summed E-state index contributed by atoms with van der Waals surface area (Å²) in [6.45, 7) is 0.304. The van der Waals surface area contributed by atoms with Crippen LogP contribution < -0.4 is 0 Å². The summed E-state index contributed by atoms with van der Waals surface area (Å²) in [5.74, 6) is 0.183. The van der Waals surface area contributed by atoms with Gasteiger partial charge in [-0.3, -0.25) is 4.79 Å². The van der Waals surface area contributed by atoms with Gasteiger partial charge in [0.05, 0.1) is 11.0 Å². The Hall–Kier alpha value is -1.21. The first-order valence-electron chi connectivity index (χ1n) is 8.47. The molecule has 0 saturated heterocycles. The summed E-state index contributed by atoms with van der Waals surface area (Å²) in [7, 11) is 1.96. The van der Waals surface area contributed by atoms with Gasteiger partial charge in [-0.05, 0) is 37.2 Å². The van der Waals surface area contributed by atoms with Crippen LogP contribution in [0.1, 0.15) is 31.2 Å². The number of hydrogen-bond donors (Lipinski definition) is 0. The molecular weight excluding hydrogens is 324 g/mol. The molecule has 0 heterocycles. The molecule has 6 heteroatoms. The number of fused-ring (bicyclic) bond motifs is 2. The molecule has 2 fully saturated rings. The summed E-state index contributed by atoms with van der Waals surface area (Å²) >= 11 is 0. The summed E-state index contributed by atoms with van der Waals surface area (Å²) in [6, 6.07) is 9.76. The lowest BCUT2D eigenvalue weighted by molar-refractivity contribution is -0.152. The minimum Gasteiger partial charge on any atom is -0.461 e. The highest BCUT2D eigenvalue weighted by Crippen LogP contribution is 2.68. The molecule has 3 rings (SSSR count). The number of rotatable bonds is 7. The Bertz CT molecular complexity index is 566. The third kappa shape index (κ3) is 2.71. The molecule has 3 atom stereocenters.